The number of nitrogens with two attached hydrogens (primary N) is 1. The summed E-state index contributed by atoms with van der Waals surface area (Å²) >= 11 is 6.28. The molecule has 5 heteroatoms. The Morgan fingerprint density at radius 2 is 1.91 bits per heavy atom. The van der Waals surface area contributed by atoms with E-state index in [1.165, 1.54) is 12.7 Å². The van der Waals surface area contributed by atoms with Crippen LogP contribution in [0.25, 0.3) is 0 Å². The summed E-state index contributed by atoms with van der Waals surface area (Å²) in [5, 5.41) is 0.632. The van der Waals surface area contributed by atoms with Crippen LogP contribution in [0.1, 0.15) is 21.5 Å². The smallest absolute Gasteiger partial charge is 0.337 e. The largest absolute Gasteiger partial charge is 0.465 e. The number of halogens is 1. The SMILES string of the molecule is COC(=O)c1ccc(Cl)c(CN(CCN)Cc2ccccc2)c1. The number of carbonyl (C=O) groups is 1. The van der Waals surface area contributed by atoms with Gasteiger partial charge in [0, 0.05) is 31.2 Å². The Labute approximate surface area is 141 Å². The van der Waals surface area contributed by atoms with E-state index in [-0.39, 0.29) is 5.97 Å². The Bertz CT molecular complexity index is 647. The van der Waals surface area contributed by atoms with Crippen LogP contribution in [0.15, 0.2) is 48.5 Å². The first-order chi connectivity index (χ1) is 11.1. The van der Waals surface area contributed by atoms with E-state index in [0.29, 0.717) is 23.7 Å². The molecule has 2 aromatic carbocycles. The van der Waals surface area contributed by atoms with Gasteiger partial charge in [0.2, 0.25) is 0 Å². The molecule has 2 N–H and O–H groups in total. The van der Waals surface area contributed by atoms with Gasteiger partial charge in [-0.25, -0.2) is 4.79 Å². The van der Waals surface area contributed by atoms with Crippen LogP contribution >= 0.6 is 11.6 Å². The third-order valence-corrected chi connectivity index (χ3v) is 3.92. The van der Waals surface area contributed by atoms with Crippen molar-refractivity contribution < 1.29 is 9.53 Å². The number of hydrogen-bond acceptors (Lipinski definition) is 4. The van der Waals surface area contributed by atoms with Gasteiger partial charge >= 0.3 is 5.97 Å². The molecule has 2 aromatic rings. The topological polar surface area (TPSA) is 55.6 Å². The fourth-order valence-electron chi connectivity index (χ4n) is 2.42. The molecule has 0 fully saturated rings. The maximum absolute atomic E-state index is 11.7. The Balaban J connectivity index is 2.17. The Morgan fingerprint density at radius 1 is 1.17 bits per heavy atom. The van der Waals surface area contributed by atoms with Crippen LogP contribution in [0, 0.1) is 0 Å². The molecule has 0 unspecified atom stereocenters. The number of methoxy groups -OCH3 is 1. The first kappa shape index (κ1) is 17.5. The van der Waals surface area contributed by atoms with Crippen molar-refractivity contribution in [3.63, 3.8) is 0 Å². The van der Waals surface area contributed by atoms with Gasteiger partial charge in [-0.3, -0.25) is 4.90 Å². The molecule has 2 rings (SSSR count). The molecule has 0 bridgehead atoms. The fourth-order valence-corrected chi connectivity index (χ4v) is 2.60. The van der Waals surface area contributed by atoms with E-state index in [9.17, 15) is 4.79 Å². The van der Waals surface area contributed by atoms with Gasteiger partial charge in [0.15, 0.2) is 0 Å². The number of hydrogen-bond donors (Lipinski definition) is 1. The zero-order valence-electron chi connectivity index (χ0n) is 13.2. The summed E-state index contributed by atoms with van der Waals surface area (Å²) in [6.07, 6.45) is 0. The molecule has 0 aromatic heterocycles. The Hall–Kier alpha value is -1.88. The Kier molecular flexibility index (Phi) is 6.59. The summed E-state index contributed by atoms with van der Waals surface area (Å²) in [6, 6.07) is 15.4. The van der Waals surface area contributed by atoms with E-state index in [1.807, 2.05) is 18.2 Å². The molecular formula is C18H21ClN2O2. The molecule has 0 spiro atoms. The van der Waals surface area contributed by atoms with Crippen molar-refractivity contribution in [2.45, 2.75) is 13.1 Å². The molecule has 0 aliphatic carbocycles. The van der Waals surface area contributed by atoms with E-state index in [0.717, 1.165) is 18.7 Å². The number of carbonyl (C=O) groups excluding carboxylic acids is 1. The van der Waals surface area contributed by atoms with E-state index >= 15 is 0 Å². The molecular weight excluding hydrogens is 312 g/mol. The van der Waals surface area contributed by atoms with Crippen molar-refractivity contribution in [2.24, 2.45) is 5.73 Å². The third-order valence-electron chi connectivity index (χ3n) is 3.56. The van der Waals surface area contributed by atoms with E-state index in [1.54, 1.807) is 18.2 Å². The molecule has 0 aliphatic heterocycles. The van der Waals surface area contributed by atoms with Crippen LogP contribution in [0.3, 0.4) is 0 Å². The molecule has 122 valence electrons. The molecule has 23 heavy (non-hydrogen) atoms. The van der Waals surface area contributed by atoms with Crippen LogP contribution in [0.4, 0.5) is 0 Å². The molecule has 0 aliphatic rings. The van der Waals surface area contributed by atoms with Crippen molar-refractivity contribution in [2.75, 3.05) is 20.2 Å². The van der Waals surface area contributed by atoms with Crippen molar-refractivity contribution in [3.05, 3.63) is 70.2 Å². The summed E-state index contributed by atoms with van der Waals surface area (Å²) in [4.78, 5) is 13.9. The normalized spacial score (nSPS) is 10.8. The average Bonchev–Trinajstić information content (AvgIpc) is 2.57. The summed E-state index contributed by atoms with van der Waals surface area (Å²) in [5.41, 5.74) is 8.32. The minimum atomic E-state index is -0.364. The highest BCUT2D eigenvalue weighted by Gasteiger charge is 2.12. The van der Waals surface area contributed by atoms with Crippen molar-refractivity contribution in [3.8, 4) is 0 Å². The number of rotatable bonds is 7. The summed E-state index contributed by atoms with van der Waals surface area (Å²) in [6.45, 7) is 2.70. The second-order valence-electron chi connectivity index (χ2n) is 5.28. The van der Waals surface area contributed by atoms with Gasteiger partial charge in [-0.15, -0.1) is 0 Å². The lowest BCUT2D eigenvalue weighted by Crippen LogP contribution is -2.29. The highest BCUT2D eigenvalue weighted by Crippen LogP contribution is 2.21. The molecule has 0 radical (unpaired) electrons. The number of esters is 1. The first-order valence-electron chi connectivity index (χ1n) is 7.47. The molecule has 0 amide bonds. The number of nitrogens with zero attached hydrogens (tertiary/aromatic N) is 1. The van der Waals surface area contributed by atoms with E-state index < -0.39 is 0 Å². The van der Waals surface area contributed by atoms with Gasteiger partial charge in [0.25, 0.3) is 0 Å². The first-order valence-corrected chi connectivity index (χ1v) is 7.85. The Morgan fingerprint density at radius 3 is 2.57 bits per heavy atom. The predicted molar refractivity (Wildman–Crippen MR) is 92.4 cm³/mol. The maximum Gasteiger partial charge on any atom is 0.337 e. The summed E-state index contributed by atoms with van der Waals surface area (Å²) < 4.78 is 4.76. The minimum absolute atomic E-state index is 0.364. The van der Waals surface area contributed by atoms with Gasteiger partial charge in [0.1, 0.15) is 0 Å². The second-order valence-corrected chi connectivity index (χ2v) is 5.69. The van der Waals surface area contributed by atoms with Crippen LogP contribution in [0.5, 0.6) is 0 Å². The lowest BCUT2D eigenvalue weighted by molar-refractivity contribution is 0.0600. The van der Waals surface area contributed by atoms with Gasteiger partial charge in [-0.1, -0.05) is 41.9 Å². The monoisotopic (exact) mass is 332 g/mol. The fraction of sp³-hybridized carbons (Fsp3) is 0.278. The number of benzene rings is 2. The average molecular weight is 333 g/mol. The van der Waals surface area contributed by atoms with Crippen molar-refractivity contribution in [1.29, 1.82) is 0 Å². The highest BCUT2D eigenvalue weighted by molar-refractivity contribution is 6.31. The van der Waals surface area contributed by atoms with Crippen molar-refractivity contribution >= 4 is 17.6 Å². The minimum Gasteiger partial charge on any atom is -0.465 e. The zero-order chi connectivity index (χ0) is 16.7. The maximum atomic E-state index is 11.7. The second kappa shape index (κ2) is 8.67. The standard InChI is InChI=1S/C18H21ClN2O2/c1-23-18(22)15-7-8-17(19)16(11-15)13-21(10-9-20)12-14-5-3-2-4-6-14/h2-8,11H,9-10,12-13,20H2,1H3. The van der Waals surface area contributed by atoms with E-state index in [2.05, 4.69) is 17.0 Å². The lowest BCUT2D eigenvalue weighted by atomic mass is 10.1. The molecule has 4 nitrogen and oxygen atoms in total. The molecule has 0 heterocycles. The molecule has 0 saturated heterocycles. The zero-order valence-corrected chi connectivity index (χ0v) is 13.9. The van der Waals surface area contributed by atoms with E-state index in [4.69, 9.17) is 22.1 Å². The predicted octanol–water partition coefficient (Wildman–Crippen LogP) is 3.09. The van der Waals surface area contributed by atoms with Gasteiger partial charge in [-0.2, -0.15) is 0 Å². The summed E-state index contributed by atoms with van der Waals surface area (Å²) in [7, 11) is 1.37. The lowest BCUT2D eigenvalue weighted by Gasteiger charge is -2.22. The summed E-state index contributed by atoms with van der Waals surface area (Å²) in [5.74, 6) is -0.364. The highest BCUT2D eigenvalue weighted by atomic mass is 35.5. The van der Waals surface area contributed by atoms with Gasteiger partial charge in [0.05, 0.1) is 12.7 Å². The molecule has 0 saturated carbocycles. The van der Waals surface area contributed by atoms with Crippen LogP contribution in [-0.4, -0.2) is 31.1 Å². The van der Waals surface area contributed by atoms with Crippen LogP contribution in [0.2, 0.25) is 5.02 Å². The van der Waals surface area contributed by atoms with Crippen molar-refractivity contribution in [1.82, 2.24) is 4.90 Å². The van der Waals surface area contributed by atoms with Gasteiger partial charge < -0.3 is 10.5 Å². The molecule has 0 atom stereocenters. The van der Waals surface area contributed by atoms with Crippen LogP contribution in [-0.2, 0) is 17.8 Å². The van der Waals surface area contributed by atoms with Crippen LogP contribution < -0.4 is 5.73 Å². The van der Waals surface area contributed by atoms with Gasteiger partial charge in [-0.05, 0) is 29.3 Å². The quantitative estimate of drug-likeness (QED) is 0.792. The third kappa shape index (κ3) is 5.06. The number of ether oxygens (including phenoxy) is 1.